The van der Waals surface area contributed by atoms with Crippen LogP contribution in [0.4, 0.5) is 0 Å². The molecule has 8 heteroatoms. The van der Waals surface area contributed by atoms with Crippen LogP contribution in [0.5, 0.6) is 0 Å². The highest BCUT2D eigenvalue weighted by Gasteiger charge is 2.28. The molecule has 6 nitrogen and oxygen atoms in total. The van der Waals surface area contributed by atoms with E-state index in [0.29, 0.717) is 28.9 Å². The van der Waals surface area contributed by atoms with Gasteiger partial charge in [0, 0.05) is 24.4 Å². The average molecular weight is 332 g/mol. The third kappa shape index (κ3) is 4.45. The van der Waals surface area contributed by atoms with E-state index >= 15 is 0 Å². The summed E-state index contributed by atoms with van der Waals surface area (Å²) in [5.74, 6) is 0.766. The van der Waals surface area contributed by atoms with Gasteiger partial charge in [-0.1, -0.05) is 6.92 Å². The molecule has 0 aromatic carbocycles. The number of aromatic nitrogens is 2. The van der Waals surface area contributed by atoms with E-state index in [2.05, 4.69) is 20.2 Å². The second kappa shape index (κ2) is 7.13. The molecule has 0 aliphatic heterocycles. The van der Waals surface area contributed by atoms with Crippen molar-refractivity contribution in [3.63, 3.8) is 0 Å². The van der Waals surface area contributed by atoms with Gasteiger partial charge < -0.3 is 5.32 Å². The van der Waals surface area contributed by atoms with Crippen LogP contribution in [-0.4, -0.2) is 42.7 Å². The number of aromatic amines is 1. The second-order valence-electron chi connectivity index (χ2n) is 5.46. The van der Waals surface area contributed by atoms with Crippen LogP contribution in [-0.2, 0) is 16.6 Å². The van der Waals surface area contributed by atoms with Gasteiger partial charge in [0.05, 0.1) is 11.4 Å². The summed E-state index contributed by atoms with van der Waals surface area (Å²) >= 11 is 1.64. The fraction of sp³-hybridized carbons (Fsp3) is 0.769. The van der Waals surface area contributed by atoms with Gasteiger partial charge in [0.25, 0.3) is 0 Å². The van der Waals surface area contributed by atoms with Gasteiger partial charge in [0.1, 0.15) is 4.90 Å². The highest BCUT2D eigenvalue weighted by atomic mass is 32.2. The number of nitrogens with one attached hydrogen (secondary N) is 3. The van der Waals surface area contributed by atoms with E-state index in [1.54, 1.807) is 18.7 Å². The highest BCUT2D eigenvalue weighted by molar-refractivity contribution is 7.98. The van der Waals surface area contributed by atoms with E-state index in [-0.39, 0.29) is 6.04 Å². The van der Waals surface area contributed by atoms with Crippen molar-refractivity contribution in [3.8, 4) is 0 Å². The number of sulfonamides is 1. The molecular formula is C13H24N4O2S2. The van der Waals surface area contributed by atoms with Crippen molar-refractivity contribution < 1.29 is 8.42 Å². The third-order valence-corrected chi connectivity index (χ3v) is 6.01. The number of hydrogen-bond acceptors (Lipinski definition) is 5. The number of rotatable bonds is 9. The first-order chi connectivity index (χ1) is 9.97. The first-order valence-corrected chi connectivity index (χ1v) is 10.1. The van der Waals surface area contributed by atoms with Crippen LogP contribution in [0.3, 0.4) is 0 Å². The predicted molar refractivity (Wildman–Crippen MR) is 86.0 cm³/mol. The maximum Gasteiger partial charge on any atom is 0.244 e. The fourth-order valence-electron chi connectivity index (χ4n) is 2.19. The molecule has 0 saturated heterocycles. The van der Waals surface area contributed by atoms with Crippen LogP contribution in [0.2, 0.25) is 0 Å². The maximum absolute atomic E-state index is 12.6. The summed E-state index contributed by atoms with van der Waals surface area (Å²) in [4.78, 5) is 0.301. The molecule has 0 spiro atoms. The van der Waals surface area contributed by atoms with E-state index < -0.39 is 10.0 Å². The molecule has 1 fully saturated rings. The Bertz CT molecular complexity index is 567. The molecule has 2 rings (SSSR count). The minimum Gasteiger partial charge on any atom is -0.308 e. The molecule has 1 unspecified atom stereocenters. The Balaban J connectivity index is 2.15. The maximum atomic E-state index is 12.6. The van der Waals surface area contributed by atoms with Crippen molar-refractivity contribution in [1.82, 2.24) is 20.2 Å². The monoisotopic (exact) mass is 332 g/mol. The third-order valence-electron chi connectivity index (χ3n) is 3.55. The molecule has 0 radical (unpaired) electrons. The molecule has 1 aliphatic carbocycles. The number of nitrogens with zero attached hydrogens (tertiary/aromatic N) is 1. The molecule has 1 saturated carbocycles. The lowest BCUT2D eigenvalue weighted by Gasteiger charge is -2.16. The van der Waals surface area contributed by atoms with Gasteiger partial charge in [-0.3, -0.25) is 5.10 Å². The molecule has 3 N–H and O–H groups in total. The van der Waals surface area contributed by atoms with Crippen LogP contribution in [0, 0.1) is 6.92 Å². The van der Waals surface area contributed by atoms with Gasteiger partial charge in [-0.2, -0.15) is 16.9 Å². The first kappa shape index (κ1) is 16.8. The topological polar surface area (TPSA) is 86.9 Å². The van der Waals surface area contributed by atoms with E-state index in [4.69, 9.17) is 0 Å². The molecule has 120 valence electrons. The van der Waals surface area contributed by atoms with Crippen LogP contribution in [0.25, 0.3) is 0 Å². The number of aryl methyl sites for hydroxylation is 1. The van der Waals surface area contributed by atoms with Gasteiger partial charge in [-0.05, 0) is 32.4 Å². The van der Waals surface area contributed by atoms with Crippen molar-refractivity contribution in [3.05, 3.63) is 11.4 Å². The zero-order valence-electron chi connectivity index (χ0n) is 12.8. The summed E-state index contributed by atoms with van der Waals surface area (Å²) in [6.07, 6.45) is 5.07. The highest BCUT2D eigenvalue weighted by Crippen LogP contribution is 2.22. The average Bonchev–Trinajstić information content (AvgIpc) is 3.18. The second-order valence-corrected chi connectivity index (χ2v) is 8.02. The lowest BCUT2D eigenvalue weighted by Crippen LogP contribution is -2.37. The molecule has 0 amide bonds. The van der Waals surface area contributed by atoms with Crippen molar-refractivity contribution in [2.45, 2.75) is 56.6 Å². The van der Waals surface area contributed by atoms with Crippen molar-refractivity contribution >= 4 is 21.8 Å². The van der Waals surface area contributed by atoms with Gasteiger partial charge in [0.15, 0.2) is 0 Å². The van der Waals surface area contributed by atoms with Crippen molar-refractivity contribution in [2.24, 2.45) is 0 Å². The summed E-state index contributed by atoms with van der Waals surface area (Å²) in [5, 5.41) is 10.3. The quantitative estimate of drug-likeness (QED) is 0.636. The molecule has 0 bridgehead atoms. The van der Waals surface area contributed by atoms with E-state index in [9.17, 15) is 8.42 Å². The Labute approximate surface area is 130 Å². The smallest absolute Gasteiger partial charge is 0.244 e. The molecule has 1 aromatic heterocycles. The van der Waals surface area contributed by atoms with Gasteiger partial charge in [0.2, 0.25) is 10.0 Å². The van der Waals surface area contributed by atoms with E-state index in [1.165, 1.54) is 0 Å². The van der Waals surface area contributed by atoms with Gasteiger partial charge >= 0.3 is 0 Å². The standard InChI is InChI=1S/C13H24N4O2S2/c1-4-10(8-20-3)17-21(18,19)13-9(2)15-16-12(13)7-14-11-5-6-11/h10-11,14,17H,4-8H2,1-3H3,(H,15,16). The van der Waals surface area contributed by atoms with Gasteiger partial charge in [-0.15, -0.1) is 0 Å². The Morgan fingerprint density at radius 1 is 1.48 bits per heavy atom. The van der Waals surface area contributed by atoms with E-state index in [1.807, 2.05) is 13.2 Å². The molecule has 1 heterocycles. The lowest BCUT2D eigenvalue weighted by molar-refractivity contribution is 0.555. The number of thioether (sulfide) groups is 1. The zero-order valence-corrected chi connectivity index (χ0v) is 14.4. The Kier molecular flexibility index (Phi) is 5.70. The first-order valence-electron chi connectivity index (χ1n) is 7.26. The molecule has 1 aliphatic rings. The van der Waals surface area contributed by atoms with Crippen molar-refractivity contribution in [2.75, 3.05) is 12.0 Å². The Morgan fingerprint density at radius 3 is 2.76 bits per heavy atom. The number of hydrogen-bond donors (Lipinski definition) is 3. The summed E-state index contributed by atoms with van der Waals surface area (Å²) in [5.41, 5.74) is 1.17. The minimum absolute atomic E-state index is 0.0523. The fourth-order valence-corrected chi connectivity index (χ4v) is 4.70. The largest absolute Gasteiger partial charge is 0.308 e. The Hall–Kier alpha value is -0.570. The van der Waals surface area contributed by atoms with Crippen LogP contribution in [0.15, 0.2) is 4.90 Å². The lowest BCUT2D eigenvalue weighted by atomic mass is 10.3. The van der Waals surface area contributed by atoms with E-state index in [0.717, 1.165) is 25.0 Å². The molecular weight excluding hydrogens is 308 g/mol. The van der Waals surface area contributed by atoms with Gasteiger partial charge in [-0.25, -0.2) is 13.1 Å². The van der Waals surface area contributed by atoms with Crippen molar-refractivity contribution in [1.29, 1.82) is 0 Å². The SMILES string of the molecule is CCC(CSC)NS(=O)(=O)c1c(CNC2CC2)n[nH]c1C. The normalized spacial score (nSPS) is 17.1. The summed E-state index contributed by atoms with van der Waals surface area (Å²) in [6, 6.07) is 0.467. The van der Waals surface area contributed by atoms with Crippen LogP contribution < -0.4 is 10.0 Å². The van der Waals surface area contributed by atoms with Crippen LogP contribution in [0.1, 0.15) is 37.6 Å². The molecule has 1 aromatic rings. The summed E-state index contributed by atoms with van der Waals surface area (Å²) in [7, 11) is -3.54. The van der Waals surface area contributed by atoms with Crippen LogP contribution >= 0.6 is 11.8 Å². The summed E-state index contributed by atoms with van der Waals surface area (Å²) < 4.78 is 28.1. The Morgan fingerprint density at radius 2 is 2.19 bits per heavy atom. The molecule has 1 atom stereocenters. The summed E-state index contributed by atoms with van der Waals surface area (Å²) in [6.45, 7) is 4.23. The minimum atomic E-state index is -3.54. The zero-order chi connectivity index (χ0) is 15.5. The predicted octanol–water partition coefficient (Wildman–Crippen LogP) is 1.39. The molecule has 21 heavy (non-hydrogen) atoms. The number of H-pyrrole nitrogens is 1.